The summed E-state index contributed by atoms with van der Waals surface area (Å²) >= 11 is 0. The molecule has 0 saturated carbocycles. The van der Waals surface area contributed by atoms with E-state index >= 15 is 0 Å². The summed E-state index contributed by atoms with van der Waals surface area (Å²) in [6.45, 7) is 0. The van der Waals surface area contributed by atoms with E-state index in [-0.39, 0.29) is 5.56 Å². The Hall–Kier alpha value is -2.55. The molecule has 0 amide bonds. The molecule has 0 aromatic heterocycles. The minimum atomic E-state index is -0.513. The predicted octanol–water partition coefficient (Wildman–Crippen LogP) is 5.44. The van der Waals surface area contributed by atoms with Crippen LogP contribution >= 0.6 is 0 Å². The molecular formula is C18H11F3. The lowest BCUT2D eigenvalue weighted by Crippen LogP contribution is -1.89. The molecule has 0 saturated heterocycles. The maximum absolute atomic E-state index is 14.2. The standard InChI is InChI=1S/C18H11F3/c19-14-5-3-4-12(10-14)16-9-8-13(11-18(16)21)15-6-1-2-7-17(15)20/h1-11H. The molecule has 0 atom stereocenters. The molecule has 3 aromatic rings. The summed E-state index contributed by atoms with van der Waals surface area (Å²) in [6, 6.07) is 16.3. The van der Waals surface area contributed by atoms with Crippen molar-refractivity contribution in [3.63, 3.8) is 0 Å². The molecule has 0 aliphatic rings. The van der Waals surface area contributed by atoms with Crippen molar-refractivity contribution < 1.29 is 13.2 Å². The molecule has 0 bridgehead atoms. The van der Waals surface area contributed by atoms with Crippen LogP contribution in [0.3, 0.4) is 0 Å². The fourth-order valence-electron chi connectivity index (χ4n) is 2.27. The van der Waals surface area contributed by atoms with Gasteiger partial charge in [-0.1, -0.05) is 42.5 Å². The highest BCUT2D eigenvalue weighted by molar-refractivity contribution is 5.71. The van der Waals surface area contributed by atoms with Gasteiger partial charge in [-0.15, -0.1) is 0 Å². The Morgan fingerprint density at radius 1 is 0.524 bits per heavy atom. The Labute approximate surface area is 120 Å². The first-order chi connectivity index (χ1) is 10.1. The highest BCUT2D eigenvalue weighted by Gasteiger charge is 2.10. The van der Waals surface area contributed by atoms with Crippen molar-refractivity contribution >= 4 is 0 Å². The van der Waals surface area contributed by atoms with Gasteiger partial charge in [-0.3, -0.25) is 0 Å². The highest BCUT2D eigenvalue weighted by Crippen LogP contribution is 2.29. The maximum atomic E-state index is 14.2. The molecule has 0 nitrogen and oxygen atoms in total. The topological polar surface area (TPSA) is 0 Å². The number of rotatable bonds is 2. The van der Waals surface area contributed by atoms with Gasteiger partial charge < -0.3 is 0 Å². The van der Waals surface area contributed by atoms with E-state index in [9.17, 15) is 13.2 Å². The summed E-state index contributed by atoms with van der Waals surface area (Å²) in [7, 11) is 0. The van der Waals surface area contributed by atoms with Crippen LogP contribution in [-0.2, 0) is 0 Å². The maximum Gasteiger partial charge on any atom is 0.131 e. The quantitative estimate of drug-likeness (QED) is 0.588. The van der Waals surface area contributed by atoms with Gasteiger partial charge >= 0.3 is 0 Å². The second-order valence-electron chi connectivity index (χ2n) is 4.68. The van der Waals surface area contributed by atoms with Crippen LogP contribution in [-0.4, -0.2) is 0 Å². The second kappa shape index (κ2) is 5.44. The smallest absolute Gasteiger partial charge is 0.131 e. The summed E-state index contributed by atoms with van der Waals surface area (Å²) in [4.78, 5) is 0. The van der Waals surface area contributed by atoms with Gasteiger partial charge in [0.2, 0.25) is 0 Å². The van der Waals surface area contributed by atoms with Gasteiger partial charge in [-0.05, 0) is 35.4 Å². The van der Waals surface area contributed by atoms with Gasteiger partial charge in [0.1, 0.15) is 17.5 Å². The minimum absolute atomic E-state index is 0.287. The molecule has 0 N–H and O–H groups in total. The van der Waals surface area contributed by atoms with Crippen LogP contribution in [0.4, 0.5) is 13.2 Å². The molecule has 0 fully saturated rings. The number of hydrogen-bond donors (Lipinski definition) is 0. The Morgan fingerprint density at radius 3 is 1.95 bits per heavy atom. The van der Waals surface area contributed by atoms with Crippen LogP contribution in [0.15, 0.2) is 66.7 Å². The van der Waals surface area contributed by atoms with Crippen LogP contribution in [0.2, 0.25) is 0 Å². The average Bonchev–Trinajstić information content (AvgIpc) is 2.47. The van der Waals surface area contributed by atoms with Crippen molar-refractivity contribution in [2.75, 3.05) is 0 Å². The third-order valence-corrected chi connectivity index (χ3v) is 3.29. The second-order valence-corrected chi connectivity index (χ2v) is 4.68. The molecular weight excluding hydrogens is 273 g/mol. The molecule has 0 aliphatic carbocycles. The first-order valence-electron chi connectivity index (χ1n) is 6.45. The fourth-order valence-corrected chi connectivity index (χ4v) is 2.27. The summed E-state index contributed by atoms with van der Waals surface area (Å²) < 4.78 is 41.2. The molecule has 3 heteroatoms. The zero-order valence-corrected chi connectivity index (χ0v) is 11.0. The summed E-state index contributed by atoms with van der Waals surface area (Å²) in [6.07, 6.45) is 0. The Bertz CT molecular complexity index is 794. The lowest BCUT2D eigenvalue weighted by Gasteiger charge is -2.08. The number of hydrogen-bond acceptors (Lipinski definition) is 0. The molecule has 0 heterocycles. The van der Waals surface area contributed by atoms with Crippen molar-refractivity contribution in [3.8, 4) is 22.3 Å². The van der Waals surface area contributed by atoms with E-state index in [1.165, 1.54) is 36.4 Å². The molecule has 3 rings (SSSR count). The van der Waals surface area contributed by atoms with Crippen LogP contribution in [0.1, 0.15) is 0 Å². The first kappa shape index (κ1) is 13.4. The molecule has 0 unspecified atom stereocenters. The third-order valence-electron chi connectivity index (χ3n) is 3.29. The van der Waals surface area contributed by atoms with Gasteiger partial charge in [0, 0.05) is 11.1 Å². The van der Waals surface area contributed by atoms with Gasteiger partial charge in [-0.25, -0.2) is 13.2 Å². The molecule has 3 aromatic carbocycles. The zero-order chi connectivity index (χ0) is 14.8. The Kier molecular flexibility index (Phi) is 3.48. The van der Waals surface area contributed by atoms with Crippen molar-refractivity contribution in [2.24, 2.45) is 0 Å². The van der Waals surface area contributed by atoms with E-state index in [0.29, 0.717) is 16.7 Å². The number of benzene rings is 3. The average molecular weight is 284 g/mol. The zero-order valence-electron chi connectivity index (χ0n) is 11.0. The third kappa shape index (κ3) is 2.68. The number of halogens is 3. The normalized spacial score (nSPS) is 10.6. The SMILES string of the molecule is Fc1cccc(-c2ccc(-c3ccccc3F)cc2F)c1. The van der Waals surface area contributed by atoms with E-state index in [0.717, 1.165) is 0 Å². The molecule has 104 valence electrons. The lowest BCUT2D eigenvalue weighted by atomic mass is 9.99. The highest BCUT2D eigenvalue weighted by atomic mass is 19.1. The van der Waals surface area contributed by atoms with E-state index in [1.54, 1.807) is 30.3 Å². The largest absolute Gasteiger partial charge is 0.207 e. The van der Waals surface area contributed by atoms with E-state index in [2.05, 4.69) is 0 Å². The van der Waals surface area contributed by atoms with Gasteiger partial charge in [0.25, 0.3) is 0 Å². The summed E-state index contributed by atoms with van der Waals surface area (Å²) in [5.74, 6) is -1.35. The minimum Gasteiger partial charge on any atom is -0.207 e. The summed E-state index contributed by atoms with van der Waals surface area (Å²) in [5, 5.41) is 0. The van der Waals surface area contributed by atoms with Crippen molar-refractivity contribution in [3.05, 3.63) is 84.2 Å². The molecule has 0 aliphatic heterocycles. The van der Waals surface area contributed by atoms with Crippen LogP contribution in [0, 0.1) is 17.5 Å². The molecule has 0 radical (unpaired) electrons. The fraction of sp³-hybridized carbons (Fsp3) is 0. The van der Waals surface area contributed by atoms with Crippen LogP contribution < -0.4 is 0 Å². The summed E-state index contributed by atoms with van der Waals surface area (Å²) in [5.41, 5.74) is 1.52. The monoisotopic (exact) mass is 284 g/mol. The first-order valence-corrected chi connectivity index (χ1v) is 6.45. The van der Waals surface area contributed by atoms with Crippen LogP contribution in [0.5, 0.6) is 0 Å². The Morgan fingerprint density at radius 2 is 1.24 bits per heavy atom. The molecule has 21 heavy (non-hydrogen) atoms. The van der Waals surface area contributed by atoms with Gasteiger partial charge in [-0.2, -0.15) is 0 Å². The van der Waals surface area contributed by atoms with Crippen molar-refractivity contribution in [2.45, 2.75) is 0 Å². The van der Waals surface area contributed by atoms with E-state index in [1.807, 2.05) is 0 Å². The van der Waals surface area contributed by atoms with E-state index in [4.69, 9.17) is 0 Å². The van der Waals surface area contributed by atoms with Crippen molar-refractivity contribution in [1.82, 2.24) is 0 Å². The van der Waals surface area contributed by atoms with Gasteiger partial charge in [0.05, 0.1) is 0 Å². The lowest BCUT2D eigenvalue weighted by molar-refractivity contribution is 0.624. The molecule has 0 spiro atoms. The predicted molar refractivity (Wildman–Crippen MR) is 77.2 cm³/mol. The van der Waals surface area contributed by atoms with Gasteiger partial charge in [0.15, 0.2) is 0 Å². The van der Waals surface area contributed by atoms with Crippen LogP contribution in [0.25, 0.3) is 22.3 Å². The Balaban J connectivity index is 2.07. The van der Waals surface area contributed by atoms with Crippen molar-refractivity contribution in [1.29, 1.82) is 0 Å². The van der Waals surface area contributed by atoms with E-state index < -0.39 is 17.5 Å².